The van der Waals surface area contributed by atoms with Gasteiger partial charge in [0, 0.05) is 0 Å². The van der Waals surface area contributed by atoms with E-state index in [0.29, 0.717) is 5.41 Å². The van der Waals surface area contributed by atoms with Crippen LogP contribution in [0.3, 0.4) is 0 Å². The largest absolute Gasteiger partial charge is 0.0753 e. The Hall–Kier alpha value is 0.0649. The second-order valence-corrected chi connectivity index (χ2v) is 6.50. The molecule has 2 radical (unpaired) electrons. The average Bonchev–Trinajstić information content (AvgIpc) is 1.81. The lowest BCUT2D eigenvalue weighted by Crippen LogP contribution is -2.32. The molecule has 1 atom stereocenters. The van der Waals surface area contributed by atoms with Crippen molar-refractivity contribution in [2.75, 3.05) is 0 Å². The molecule has 0 heterocycles. The quantitative estimate of drug-likeness (QED) is 0.558. The Balaban J connectivity index is 4.67. The zero-order valence-corrected chi connectivity index (χ0v) is 10.5. The Morgan fingerprint density at radius 3 is 1.38 bits per heavy atom. The van der Waals surface area contributed by atoms with Crippen LogP contribution in [0.15, 0.2) is 0 Å². The Bertz CT molecular complexity index is 159. The fraction of sp³-hybridized carbons (Fsp3) is 1.00. The van der Waals surface area contributed by atoms with E-state index in [0.717, 1.165) is 12.8 Å². The first-order valence-electron chi connectivity index (χ1n) is 5.31. The second-order valence-electron chi connectivity index (χ2n) is 6.50. The lowest BCUT2D eigenvalue weighted by Gasteiger charge is -2.46. The van der Waals surface area contributed by atoms with E-state index in [1.54, 1.807) is 0 Å². The summed E-state index contributed by atoms with van der Waals surface area (Å²) < 4.78 is 0. The van der Waals surface area contributed by atoms with Gasteiger partial charge in [-0.1, -0.05) is 66.6 Å². The molecule has 0 saturated heterocycles. The molecule has 76 valence electrons. The van der Waals surface area contributed by atoms with Gasteiger partial charge in [0.2, 0.25) is 0 Å². The summed E-state index contributed by atoms with van der Waals surface area (Å²) in [6.07, 6.45) is 2.13. The van der Waals surface area contributed by atoms with Crippen molar-refractivity contribution < 1.29 is 0 Å². The first-order chi connectivity index (χ1) is 5.52. The van der Waals surface area contributed by atoms with Crippen LogP contribution in [0, 0.1) is 10.8 Å². The standard InChI is InChI=1S/C12H25B/c1-8-12(13,11(5,6)7)9-10(2,3)4/h8-9H2,1-7H3. The summed E-state index contributed by atoms with van der Waals surface area (Å²) in [4.78, 5) is 0. The number of rotatable bonds is 2. The Labute approximate surface area is 85.9 Å². The molecule has 0 N–H and O–H groups in total. The average molecular weight is 180 g/mol. The van der Waals surface area contributed by atoms with Gasteiger partial charge in [-0.3, -0.25) is 0 Å². The molecular formula is C12H25B. The minimum Gasteiger partial charge on any atom is -0.0655 e. The summed E-state index contributed by atoms with van der Waals surface area (Å²) in [5.74, 6) is 0. The Morgan fingerprint density at radius 1 is 0.923 bits per heavy atom. The zero-order valence-electron chi connectivity index (χ0n) is 10.5. The number of hydrogen-bond acceptors (Lipinski definition) is 0. The molecule has 0 aromatic carbocycles. The highest BCUT2D eigenvalue weighted by molar-refractivity contribution is 6.15. The van der Waals surface area contributed by atoms with Crippen LogP contribution in [0.4, 0.5) is 0 Å². The normalized spacial score (nSPS) is 18.4. The molecular weight excluding hydrogens is 155 g/mol. The van der Waals surface area contributed by atoms with E-state index in [2.05, 4.69) is 48.5 Å². The van der Waals surface area contributed by atoms with Gasteiger partial charge in [-0.2, -0.15) is 0 Å². The third-order valence-corrected chi connectivity index (χ3v) is 2.97. The molecule has 0 aliphatic carbocycles. The molecule has 0 aromatic rings. The highest BCUT2D eigenvalue weighted by atomic mass is 14.4. The molecule has 0 spiro atoms. The Morgan fingerprint density at radius 2 is 1.31 bits per heavy atom. The maximum absolute atomic E-state index is 6.46. The first-order valence-corrected chi connectivity index (χ1v) is 5.31. The SMILES string of the molecule is [B]C(CC)(CC(C)(C)C)C(C)(C)C. The molecule has 0 aliphatic heterocycles. The molecule has 1 unspecified atom stereocenters. The van der Waals surface area contributed by atoms with Crippen LogP contribution in [0.2, 0.25) is 5.31 Å². The van der Waals surface area contributed by atoms with Gasteiger partial charge in [-0.05, 0) is 10.8 Å². The highest BCUT2D eigenvalue weighted by Crippen LogP contribution is 2.52. The maximum atomic E-state index is 6.46. The molecule has 0 fully saturated rings. The van der Waals surface area contributed by atoms with Crippen molar-refractivity contribution >= 4 is 7.85 Å². The van der Waals surface area contributed by atoms with Gasteiger partial charge in [0.15, 0.2) is 0 Å². The van der Waals surface area contributed by atoms with E-state index >= 15 is 0 Å². The van der Waals surface area contributed by atoms with Crippen LogP contribution in [0.5, 0.6) is 0 Å². The van der Waals surface area contributed by atoms with E-state index in [1.807, 2.05) is 0 Å². The summed E-state index contributed by atoms with van der Waals surface area (Å²) in [5.41, 5.74) is 0.507. The molecule has 0 saturated carbocycles. The van der Waals surface area contributed by atoms with E-state index in [1.165, 1.54) is 0 Å². The third kappa shape index (κ3) is 3.75. The van der Waals surface area contributed by atoms with Crippen LogP contribution in [-0.4, -0.2) is 7.85 Å². The van der Waals surface area contributed by atoms with Gasteiger partial charge < -0.3 is 0 Å². The minimum absolute atomic E-state index is 0.0365. The summed E-state index contributed by atoms with van der Waals surface area (Å²) in [6, 6.07) is 0. The van der Waals surface area contributed by atoms with E-state index in [-0.39, 0.29) is 10.7 Å². The first kappa shape index (κ1) is 13.1. The van der Waals surface area contributed by atoms with Gasteiger partial charge in [0.25, 0.3) is 0 Å². The zero-order chi connectivity index (χ0) is 10.9. The fourth-order valence-corrected chi connectivity index (χ4v) is 1.87. The molecule has 0 aliphatic rings. The molecule has 13 heavy (non-hydrogen) atoms. The molecule has 1 heteroatoms. The smallest absolute Gasteiger partial charge is 0.0655 e. The van der Waals surface area contributed by atoms with Gasteiger partial charge in [-0.25, -0.2) is 0 Å². The van der Waals surface area contributed by atoms with Gasteiger partial charge in [0.1, 0.15) is 0 Å². The van der Waals surface area contributed by atoms with Crippen molar-refractivity contribution in [3.63, 3.8) is 0 Å². The lowest BCUT2D eigenvalue weighted by molar-refractivity contribution is 0.178. The number of hydrogen-bond donors (Lipinski definition) is 0. The van der Waals surface area contributed by atoms with Gasteiger partial charge >= 0.3 is 0 Å². The lowest BCUT2D eigenvalue weighted by atomic mass is 9.48. The van der Waals surface area contributed by atoms with E-state index < -0.39 is 0 Å². The minimum atomic E-state index is -0.0365. The van der Waals surface area contributed by atoms with Crippen molar-refractivity contribution in [2.45, 2.75) is 66.6 Å². The topological polar surface area (TPSA) is 0 Å². The molecule has 0 aromatic heterocycles. The maximum Gasteiger partial charge on any atom is 0.0753 e. The van der Waals surface area contributed by atoms with Crippen molar-refractivity contribution in [3.8, 4) is 0 Å². The van der Waals surface area contributed by atoms with Crippen LogP contribution in [-0.2, 0) is 0 Å². The van der Waals surface area contributed by atoms with Crippen molar-refractivity contribution in [2.24, 2.45) is 10.8 Å². The second kappa shape index (κ2) is 3.67. The van der Waals surface area contributed by atoms with Crippen molar-refractivity contribution in [1.82, 2.24) is 0 Å². The molecule has 0 amide bonds. The summed E-state index contributed by atoms with van der Waals surface area (Å²) >= 11 is 0. The highest BCUT2D eigenvalue weighted by Gasteiger charge is 2.37. The predicted octanol–water partition coefficient (Wildman–Crippen LogP) is 4.21. The summed E-state index contributed by atoms with van der Waals surface area (Å²) in [6.45, 7) is 15.7. The monoisotopic (exact) mass is 180 g/mol. The predicted molar refractivity (Wildman–Crippen MR) is 62.3 cm³/mol. The van der Waals surface area contributed by atoms with E-state index in [9.17, 15) is 0 Å². The van der Waals surface area contributed by atoms with Crippen LogP contribution < -0.4 is 0 Å². The third-order valence-electron chi connectivity index (χ3n) is 2.97. The molecule has 0 rings (SSSR count). The molecule has 0 nitrogen and oxygen atoms in total. The summed E-state index contributed by atoms with van der Waals surface area (Å²) in [7, 11) is 6.46. The van der Waals surface area contributed by atoms with Crippen LogP contribution >= 0.6 is 0 Å². The van der Waals surface area contributed by atoms with Crippen molar-refractivity contribution in [3.05, 3.63) is 0 Å². The van der Waals surface area contributed by atoms with Crippen LogP contribution in [0.25, 0.3) is 0 Å². The van der Waals surface area contributed by atoms with Gasteiger partial charge in [0.05, 0.1) is 7.85 Å². The Kier molecular flexibility index (Phi) is 3.69. The fourth-order valence-electron chi connectivity index (χ4n) is 1.87. The summed E-state index contributed by atoms with van der Waals surface area (Å²) in [5, 5.41) is -0.0365. The van der Waals surface area contributed by atoms with Crippen LogP contribution in [0.1, 0.15) is 61.3 Å². The van der Waals surface area contributed by atoms with E-state index in [4.69, 9.17) is 7.85 Å². The van der Waals surface area contributed by atoms with Gasteiger partial charge in [-0.15, -0.1) is 0 Å². The molecule has 0 bridgehead atoms. The van der Waals surface area contributed by atoms with Crippen molar-refractivity contribution in [1.29, 1.82) is 0 Å².